The van der Waals surface area contributed by atoms with Crippen LogP contribution in [0.2, 0.25) is 0 Å². The van der Waals surface area contributed by atoms with Crippen molar-refractivity contribution in [2.24, 2.45) is 0 Å². The van der Waals surface area contributed by atoms with E-state index < -0.39 is 0 Å². The molecule has 0 bridgehead atoms. The summed E-state index contributed by atoms with van der Waals surface area (Å²) in [5.74, 6) is 0.862. The van der Waals surface area contributed by atoms with Crippen LogP contribution in [-0.4, -0.2) is 52.4 Å². The number of carbonyl (C=O) groups is 1. The third-order valence-corrected chi connectivity index (χ3v) is 6.27. The van der Waals surface area contributed by atoms with Crippen LogP contribution in [0, 0.1) is 0 Å². The Morgan fingerprint density at radius 2 is 2.17 bits per heavy atom. The number of aromatic nitrogens is 1. The average molecular weight is 345 g/mol. The van der Waals surface area contributed by atoms with Gasteiger partial charge in [-0.15, -0.1) is 11.3 Å². The summed E-state index contributed by atoms with van der Waals surface area (Å²) in [6.45, 7) is 5.33. The molecule has 0 aliphatic carbocycles. The van der Waals surface area contributed by atoms with E-state index in [4.69, 9.17) is 4.42 Å². The van der Waals surface area contributed by atoms with Crippen molar-refractivity contribution in [1.82, 2.24) is 14.8 Å². The minimum Gasteiger partial charge on any atom is -0.462 e. The topological polar surface area (TPSA) is 49.6 Å². The molecule has 0 saturated carbocycles. The molecule has 2 aliphatic heterocycles. The Bertz CT molecular complexity index is 697. The molecule has 5 nitrogen and oxygen atoms in total. The van der Waals surface area contributed by atoms with E-state index in [9.17, 15) is 4.79 Å². The van der Waals surface area contributed by atoms with Crippen molar-refractivity contribution in [3.05, 3.63) is 29.5 Å². The van der Waals surface area contributed by atoms with Gasteiger partial charge in [0.15, 0.2) is 10.8 Å². The molecule has 1 amide bonds. The van der Waals surface area contributed by atoms with Gasteiger partial charge in [0.25, 0.3) is 5.91 Å². The minimum absolute atomic E-state index is 0.135. The van der Waals surface area contributed by atoms with Gasteiger partial charge in [0.2, 0.25) is 0 Å². The molecular weight excluding hydrogens is 322 g/mol. The Morgan fingerprint density at radius 1 is 1.33 bits per heavy atom. The van der Waals surface area contributed by atoms with Crippen molar-refractivity contribution in [3.63, 3.8) is 0 Å². The van der Waals surface area contributed by atoms with Gasteiger partial charge in [0.1, 0.15) is 4.88 Å². The summed E-state index contributed by atoms with van der Waals surface area (Å²) < 4.78 is 5.39. The number of hydrogen-bond acceptors (Lipinski definition) is 5. The third kappa shape index (κ3) is 2.78. The number of hydrogen-bond donors (Lipinski definition) is 0. The quantitative estimate of drug-likeness (QED) is 0.851. The zero-order chi connectivity index (χ0) is 16.5. The molecule has 0 aromatic carbocycles. The molecule has 24 heavy (non-hydrogen) atoms. The fraction of sp³-hybridized carbons (Fsp3) is 0.556. The molecule has 0 spiro atoms. The number of likely N-dealkylation sites (N-methyl/N-ethyl adjacent to an activating group) is 1. The molecule has 2 aliphatic rings. The second kappa shape index (κ2) is 6.69. The SMILES string of the molecule is CCN1CCCC1C1CCCN1C(=O)c1cnc(-c2ccco2)s1. The number of likely N-dealkylation sites (tertiary alicyclic amines) is 2. The minimum atomic E-state index is 0.135. The lowest BCUT2D eigenvalue weighted by molar-refractivity contribution is 0.0654. The summed E-state index contributed by atoms with van der Waals surface area (Å²) >= 11 is 1.43. The normalized spacial score (nSPS) is 24.8. The largest absolute Gasteiger partial charge is 0.462 e. The first kappa shape index (κ1) is 15.8. The Labute approximate surface area is 146 Å². The van der Waals surface area contributed by atoms with E-state index >= 15 is 0 Å². The van der Waals surface area contributed by atoms with Crippen molar-refractivity contribution >= 4 is 17.2 Å². The molecule has 2 aromatic rings. The summed E-state index contributed by atoms with van der Waals surface area (Å²) in [6.07, 6.45) is 8.02. The van der Waals surface area contributed by atoms with Crippen molar-refractivity contribution in [2.75, 3.05) is 19.6 Å². The van der Waals surface area contributed by atoms with Gasteiger partial charge >= 0.3 is 0 Å². The third-order valence-electron chi connectivity index (χ3n) is 5.27. The summed E-state index contributed by atoms with van der Waals surface area (Å²) in [5.41, 5.74) is 0. The number of carbonyl (C=O) groups excluding carboxylic acids is 1. The summed E-state index contributed by atoms with van der Waals surface area (Å²) in [7, 11) is 0. The first-order chi connectivity index (χ1) is 11.8. The Balaban J connectivity index is 1.53. The number of amides is 1. The van der Waals surface area contributed by atoms with Crippen LogP contribution < -0.4 is 0 Å². The molecule has 128 valence electrons. The highest BCUT2D eigenvalue weighted by Crippen LogP contribution is 2.33. The molecular formula is C18H23N3O2S. The maximum Gasteiger partial charge on any atom is 0.265 e. The molecule has 0 N–H and O–H groups in total. The van der Waals surface area contributed by atoms with Crippen LogP contribution in [0.25, 0.3) is 10.8 Å². The molecule has 2 atom stereocenters. The van der Waals surface area contributed by atoms with Gasteiger partial charge < -0.3 is 9.32 Å². The molecule has 2 aromatic heterocycles. The monoisotopic (exact) mass is 345 g/mol. The molecule has 4 heterocycles. The molecule has 2 unspecified atom stereocenters. The van der Waals surface area contributed by atoms with E-state index in [1.807, 2.05) is 12.1 Å². The van der Waals surface area contributed by atoms with Crippen LogP contribution in [0.1, 0.15) is 42.3 Å². The van der Waals surface area contributed by atoms with E-state index in [2.05, 4.69) is 21.7 Å². The highest BCUT2D eigenvalue weighted by Gasteiger charge is 2.39. The smallest absolute Gasteiger partial charge is 0.265 e. The summed E-state index contributed by atoms with van der Waals surface area (Å²) in [6, 6.07) is 4.60. The van der Waals surface area contributed by atoms with Gasteiger partial charge in [-0.1, -0.05) is 6.92 Å². The first-order valence-electron chi connectivity index (χ1n) is 8.82. The number of furan rings is 1. The van der Waals surface area contributed by atoms with Crippen LogP contribution in [-0.2, 0) is 0 Å². The van der Waals surface area contributed by atoms with Crippen LogP contribution >= 0.6 is 11.3 Å². The number of thiazole rings is 1. The summed E-state index contributed by atoms with van der Waals surface area (Å²) in [4.78, 5) is 22.8. The second-order valence-corrected chi connectivity index (χ2v) is 7.58. The molecule has 6 heteroatoms. The second-order valence-electron chi connectivity index (χ2n) is 6.55. The van der Waals surface area contributed by atoms with E-state index in [1.165, 1.54) is 30.7 Å². The summed E-state index contributed by atoms with van der Waals surface area (Å²) in [5, 5.41) is 0.773. The molecule has 2 saturated heterocycles. The lowest BCUT2D eigenvalue weighted by Gasteiger charge is -2.34. The highest BCUT2D eigenvalue weighted by molar-refractivity contribution is 7.16. The lowest BCUT2D eigenvalue weighted by Crippen LogP contribution is -2.48. The fourth-order valence-corrected chi connectivity index (χ4v) is 4.99. The number of nitrogens with zero attached hydrogens (tertiary/aromatic N) is 3. The van der Waals surface area contributed by atoms with Crippen LogP contribution in [0.15, 0.2) is 29.0 Å². The van der Waals surface area contributed by atoms with Gasteiger partial charge in [-0.25, -0.2) is 4.98 Å². The van der Waals surface area contributed by atoms with Gasteiger partial charge in [-0.2, -0.15) is 0 Å². The van der Waals surface area contributed by atoms with Crippen molar-refractivity contribution in [3.8, 4) is 10.8 Å². The van der Waals surface area contributed by atoms with Gasteiger partial charge in [-0.3, -0.25) is 9.69 Å². The Hall–Kier alpha value is -1.66. The van der Waals surface area contributed by atoms with Crippen molar-refractivity contribution < 1.29 is 9.21 Å². The Morgan fingerprint density at radius 3 is 2.96 bits per heavy atom. The van der Waals surface area contributed by atoms with Crippen LogP contribution in [0.4, 0.5) is 0 Å². The van der Waals surface area contributed by atoms with E-state index in [-0.39, 0.29) is 5.91 Å². The zero-order valence-corrected chi connectivity index (χ0v) is 14.8. The Kier molecular flexibility index (Phi) is 4.41. The van der Waals surface area contributed by atoms with Crippen LogP contribution in [0.5, 0.6) is 0 Å². The highest BCUT2D eigenvalue weighted by atomic mass is 32.1. The first-order valence-corrected chi connectivity index (χ1v) is 9.64. The standard InChI is InChI=1S/C18H23N3O2S/c1-2-20-9-3-6-13(20)14-7-4-10-21(14)18(22)16-12-19-17(24-16)15-8-5-11-23-15/h5,8,11-14H,2-4,6-7,9-10H2,1H3. The maximum atomic E-state index is 13.0. The number of rotatable bonds is 4. The van der Waals surface area contributed by atoms with Gasteiger partial charge in [-0.05, 0) is 50.9 Å². The van der Waals surface area contributed by atoms with Gasteiger partial charge in [0, 0.05) is 18.6 Å². The average Bonchev–Trinajstić information content (AvgIpc) is 3.41. The van der Waals surface area contributed by atoms with Crippen molar-refractivity contribution in [1.29, 1.82) is 0 Å². The predicted molar refractivity (Wildman–Crippen MR) is 94.1 cm³/mol. The van der Waals surface area contributed by atoms with Crippen LogP contribution in [0.3, 0.4) is 0 Å². The fourth-order valence-electron chi connectivity index (χ4n) is 4.15. The molecule has 0 radical (unpaired) electrons. The molecule has 2 fully saturated rings. The van der Waals surface area contributed by atoms with Gasteiger partial charge in [0.05, 0.1) is 12.5 Å². The van der Waals surface area contributed by atoms with E-state index in [1.54, 1.807) is 12.5 Å². The predicted octanol–water partition coefficient (Wildman–Crippen LogP) is 3.49. The van der Waals surface area contributed by atoms with E-state index in [0.717, 1.165) is 36.7 Å². The lowest BCUT2D eigenvalue weighted by atomic mass is 10.0. The maximum absolute atomic E-state index is 13.0. The molecule has 4 rings (SSSR count). The van der Waals surface area contributed by atoms with Crippen molar-refractivity contribution in [2.45, 2.75) is 44.7 Å². The van der Waals surface area contributed by atoms with E-state index in [0.29, 0.717) is 17.0 Å². The zero-order valence-electron chi connectivity index (χ0n) is 14.0.